The molecule has 1 heterocycles. The predicted octanol–water partition coefficient (Wildman–Crippen LogP) is 2.93. The molecule has 7 nitrogen and oxygen atoms in total. The summed E-state index contributed by atoms with van der Waals surface area (Å²) >= 11 is 0. The zero-order valence-electron chi connectivity index (χ0n) is 14.0. The average Bonchev–Trinajstić information content (AvgIpc) is 2.62. The van der Waals surface area contributed by atoms with Gasteiger partial charge in [-0.2, -0.15) is 4.98 Å². The second kappa shape index (κ2) is 8.71. The van der Waals surface area contributed by atoms with E-state index in [1.54, 1.807) is 24.3 Å². The Bertz CT molecular complexity index is 674. The number of hydrogen-bond acceptors (Lipinski definition) is 6. The van der Waals surface area contributed by atoms with E-state index in [-0.39, 0.29) is 17.8 Å². The Morgan fingerprint density at radius 2 is 1.92 bits per heavy atom. The maximum atomic E-state index is 12.3. The third kappa shape index (κ3) is 4.58. The van der Waals surface area contributed by atoms with Crippen LogP contribution in [0.1, 0.15) is 30.1 Å². The highest BCUT2D eigenvalue weighted by Crippen LogP contribution is 2.23. The molecule has 1 N–H and O–H groups in total. The number of amides is 1. The fraction of sp³-hybridized carbons (Fsp3) is 0.353. The highest BCUT2D eigenvalue weighted by molar-refractivity contribution is 6.04. The number of aromatic nitrogens is 2. The lowest BCUT2D eigenvalue weighted by Crippen LogP contribution is -2.13. The van der Waals surface area contributed by atoms with Gasteiger partial charge in [-0.25, -0.2) is 4.98 Å². The molecular weight excluding hydrogens is 310 g/mol. The van der Waals surface area contributed by atoms with Crippen LogP contribution in [0.2, 0.25) is 0 Å². The average molecular weight is 331 g/mol. The lowest BCUT2D eigenvalue weighted by molar-refractivity contribution is 0.102. The van der Waals surface area contributed by atoms with Crippen molar-refractivity contribution in [2.75, 3.05) is 26.1 Å². The molecule has 1 aromatic carbocycles. The molecule has 7 heteroatoms. The molecular formula is C17H21N3O4. The lowest BCUT2D eigenvalue weighted by Gasteiger charge is -2.10. The standard InChI is InChI=1S/C17H21N3O4/c1-4-5-10-24-13-8-6-12(7-9-13)15(21)19-14-11-18-17(23-3)20-16(14)22-2/h6-9,11H,4-5,10H2,1-3H3,(H,19,21). The first-order valence-electron chi connectivity index (χ1n) is 7.67. The van der Waals surface area contributed by atoms with E-state index >= 15 is 0 Å². The summed E-state index contributed by atoms with van der Waals surface area (Å²) in [6.45, 7) is 2.77. The van der Waals surface area contributed by atoms with E-state index in [0.29, 0.717) is 17.9 Å². The fourth-order valence-corrected chi connectivity index (χ4v) is 1.92. The topological polar surface area (TPSA) is 82.6 Å². The molecule has 0 saturated carbocycles. The maximum Gasteiger partial charge on any atom is 0.319 e. The second-order valence-electron chi connectivity index (χ2n) is 4.96. The third-order valence-electron chi connectivity index (χ3n) is 3.24. The molecule has 0 spiro atoms. The van der Waals surface area contributed by atoms with Gasteiger partial charge in [-0.15, -0.1) is 0 Å². The minimum atomic E-state index is -0.290. The molecule has 0 aliphatic carbocycles. The molecule has 0 aliphatic rings. The van der Waals surface area contributed by atoms with Crippen LogP contribution in [0, 0.1) is 0 Å². The molecule has 0 aliphatic heterocycles. The smallest absolute Gasteiger partial charge is 0.319 e. The van der Waals surface area contributed by atoms with E-state index in [0.717, 1.165) is 18.6 Å². The Hall–Kier alpha value is -2.83. The SMILES string of the molecule is CCCCOc1ccc(C(=O)Nc2cnc(OC)nc2OC)cc1. The molecule has 2 aromatic rings. The molecule has 128 valence electrons. The van der Waals surface area contributed by atoms with E-state index in [1.807, 2.05) is 0 Å². The van der Waals surface area contributed by atoms with Crippen molar-refractivity contribution in [3.63, 3.8) is 0 Å². The van der Waals surface area contributed by atoms with Crippen LogP contribution in [-0.2, 0) is 0 Å². The molecule has 0 unspecified atom stereocenters. The van der Waals surface area contributed by atoms with E-state index in [2.05, 4.69) is 22.2 Å². The summed E-state index contributed by atoms with van der Waals surface area (Å²) in [5, 5.41) is 2.72. The molecule has 0 radical (unpaired) electrons. The largest absolute Gasteiger partial charge is 0.494 e. The van der Waals surface area contributed by atoms with Gasteiger partial charge in [0.1, 0.15) is 11.4 Å². The van der Waals surface area contributed by atoms with Crippen LogP contribution in [-0.4, -0.2) is 36.7 Å². The van der Waals surface area contributed by atoms with Crippen molar-refractivity contribution in [2.24, 2.45) is 0 Å². The van der Waals surface area contributed by atoms with Crippen LogP contribution in [0.5, 0.6) is 17.6 Å². The van der Waals surface area contributed by atoms with Crippen molar-refractivity contribution in [2.45, 2.75) is 19.8 Å². The van der Waals surface area contributed by atoms with Crippen molar-refractivity contribution >= 4 is 11.6 Å². The molecule has 1 amide bonds. The van der Waals surface area contributed by atoms with Crippen LogP contribution >= 0.6 is 0 Å². The van der Waals surface area contributed by atoms with Gasteiger partial charge in [-0.1, -0.05) is 13.3 Å². The van der Waals surface area contributed by atoms with Gasteiger partial charge >= 0.3 is 6.01 Å². The molecule has 2 rings (SSSR count). The Morgan fingerprint density at radius 1 is 1.17 bits per heavy atom. The zero-order chi connectivity index (χ0) is 17.4. The highest BCUT2D eigenvalue weighted by atomic mass is 16.5. The summed E-state index contributed by atoms with van der Waals surface area (Å²) in [5.74, 6) is 0.683. The summed E-state index contributed by atoms with van der Waals surface area (Å²) in [4.78, 5) is 20.3. The number of methoxy groups -OCH3 is 2. The van der Waals surface area contributed by atoms with Crippen molar-refractivity contribution in [1.82, 2.24) is 9.97 Å². The van der Waals surface area contributed by atoms with Gasteiger partial charge in [-0.05, 0) is 30.7 Å². The number of nitrogens with one attached hydrogen (secondary N) is 1. The molecule has 0 bridgehead atoms. The van der Waals surface area contributed by atoms with E-state index in [9.17, 15) is 4.79 Å². The number of hydrogen-bond donors (Lipinski definition) is 1. The van der Waals surface area contributed by atoms with E-state index < -0.39 is 0 Å². The molecule has 0 saturated heterocycles. The number of rotatable bonds is 8. The molecule has 1 aromatic heterocycles. The first-order chi connectivity index (χ1) is 11.7. The monoisotopic (exact) mass is 331 g/mol. The number of ether oxygens (including phenoxy) is 3. The number of carbonyl (C=O) groups excluding carboxylic acids is 1. The number of carbonyl (C=O) groups is 1. The van der Waals surface area contributed by atoms with Crippen molar-refractivity contribution in [3.8, 4) is 17.6 Å². The predicted molar refractivity (Wildman–Crippen MR) is 89.9 cm³/mol. The fourth-order valence-electron chi connectivity index (χ4n) is 1.92. The van der Waals surface area contributed by atoms with Gasteiger partial charge in [0.05, 0.1) is 27.0 Å². The first kappa shape index (κ1) is 17.5. The Morgan fingerprint density at radius 3 is 2.54 bits per heavy atom. The lowest BCUT2D eigenvalue weighted by atomic mass is 10.2. The minimum absolute atomic E-state index is 0.165. The maximum absolute atomic E-state index is 12.3. The minimum Gasteiger partial charge on any atom is -0.494 e. The van der Waals surface area contributed by atoms with Gasteiger partial charge in [0.2, 0.25) is 5.88 Å². The second-order valence-corrected chi connectivity index (χ2v) is 4.96. The third-order valence-corrected chi connectivity index (χ3v) is 3.24. The van der Waals surface area contributed by atoms with Crippen LogP contribution in [0.15, 0.2) is 30.5 Å². The van der Waals surface area contributed by atoms with Gasteiger partial charge < -0.3 is 19.5 Å². The number of nitrogens with zero attached hydrogens (tertiary/aromatic N) is 2. The van der Waals surface area contributed by atoms with Gasteiger partial charge in [0, 0.05) is 5.56 Å². The van der Waals surface area contributed by atoms with E-state index in [1.165, 1.54) is 20.4 Å². The summed E-state index contributed by atoms with van der Waals surface area (Å²) in [6, 6.07) is 7.11. The highest BCUT2D eigenvalue weighted by Gasteiger charge is 2.13. The normalized spacial score (nSPS) is 10.1. The zero-order valence-corrected chi connectivity index (χ0v) is 14.0. The number of anilines is 1. The van der Waals surface area contributed by atoms with Crippen LogP contribution in [0.3, 0.4) is 0 Å². The van der Waals surface area contributed by atoms with E-state index in [4.69, 9.17) is 14.2 Å². The van der Waals surface area contributed by atoms with Crippen molar-refractivity contribution in [3.05, 3.63) is 36.0 Å². The quantitative estimate of drug-likeness (QED) is 0.749. The summed E-state index contributed by atoms with van der Waals surface area (Å²) in [7, 11) is 2.91. The Labute approximate surface area is 141 Å². The van der Waals surface area contributed by atoms with Crippen LogP contribution < -0.4 is 19.5 Å². The van der Waals surface area contributed by atoms with Crippen molar-refractivity contribution in [1.29, 1.82) is 0 Å². The number of benzene rings is 1. The number of unbranched alkanes of at least 4 members (excludes halogenated alkanes) is 1. The summed E-state index contributed by atoms with van der Waals surface area (Å²) in [6.07, 6.45) is 3.51. The van der Waals surface area contributed by atoms with Crippen LogP contribution in [0.4, 0.5) is 5.69 Å². The van der Waals surface area contributed by atoms with Gasteiger partial charge in [-0.3, -0.25) is 4.79 Å². The molecule has 0 fully saturated rings. The first-order valence-corrected chi connectivity index (χ1v) is 7.67. The Balaban J connectivity index is 2.04. The van der Waals surface area contributed by atoms with Gasteiger partial charge in [0.15, 0.2) is 0 Å². The molecule has 24 heavy (non-hydrogen) atoms. The Kier molecular flexibility index (Phi) is 6.36. The van der Waals surface area contributed by atoms with Crippen molar-refractivity contribution < 1.29 is 19.0 Å². The summed E-state index contributed by atoms with van der Waals surface area (Å²) < 4.78 is 15.6. The summed E-state index contributed by atoms with van der Waals surface area (Å²) in [5.41, 5.74) is 0.863. The van der Waals surface area contributed by atoms with Gasteiger partial charge in [0.25, 0.3) is 5.91 Å². The molecule has 0 atom stereocenters. The van der Waals surface area contributed by atoms with Crippen LogP contribution in [0.25, 0.3) is 0 Å².